The van der Waals surface area contributed by atoms with Crippen LogP contribution in [0, 0.1) is 5.41 Å². The lowest BCUT2D eigenvalue weighted by Gasteiger charge is -2.49. The predicted octanol–water partition coefficient (Wildman–Crippen LogP) is 0.992. The Labute approximate surface area is 158 Å². The molecule has 146 valence electrons. The maximum absolute atomic E-state index is 12.9. The Morgan fingerprint density at radius 3 is 2.44 bits per heavy atom. The molecule has 3 rings (SSSR count). The number of benzene rings is 1. The Hall–Kier alpha value is -2.45. The van der Waals surface area contributed by atoms with Crippen LogP contribution in [0.2, 0.25) is 0 Å². The van der Waals surface area contributed by atoms with E-state index in [-0.39, 0.29) is 25.0 Å². The zero-order valence-electron chi connectivity index (χ0n) is 15.8. The molecule has 8 nitrogen and oxygen atoms in total. The van der Waals surface area contributed by atoms with E-state index in [1.54, 1.807) is 36.3 Å². The number of carbonyl (C=O) groups is 3. The van der Waals surface area contributed by atoms with Gasteiger partial charge in [-0.3, -0.25) is 19.8 Å². The number of anilines is 1. The Balaban J connectivity index is 1.71. The predicted molar refractivity (Wildman–Crippen MR) is 98.5 cm³/mol. The number of nitrogens with zero attached hydrogens (tertiary/aromatic N) is 2. The zero-order valence-corrected chi connectivity index (χ0v) is 15.8. The van der Waals surface area contributed by atoms with Crippen molar-refractivity contribution in [2.45, 2.75) is 25.9 Å². The highest BCUT2D eigenvalue weighted by molar-refractivity contribution is 6.12. The van der Waals surface area contributed by atoms with Gasteiger partial charge in [0.15, 0.2) is 0 Å². The van der Waals surface area contributed by atoms with Gasteiger partial charge in [0.05, 0.1) is 12.2 Å². The molecule has 4 amide bonds. The standard InChI is InChI=1S/C19H25N3O5/c1-18(2)11-21(9-8-19(18,26)12-27-3)16(24)13-4-6-14(7-5-13)22-10-15(23)20-17(22)25/h4-7,26H,8-12H2,1-3H3,(H,20,23,25). The largest absolute Gasteiger partial charge is 0.387 e. The number of likely N-dealkylation sites (tertiary alicyclic amines) is 1. The van der Waals surface area contributed by atoms with Gasteiger partial charge in [0, 0.05) is 36.9 Å². The second-order valence-corrected chi connectivity index (χ2v) is 7.81. The van der Waals surface area contributed by atoms with Crippen LogP contribution in [0.5, 0.6) is 0 Å². The Morgan fingerprint density at radius 2 is 1.93 bits per heavy atom. The van der Waals surface area contributed by atoms with Crippen molar-refractivity contribution in [3.8, 4) is 0 Å². The summed E-state index contributed by atoms with van der Waals surface area (Å²) in [5.74, 6) is -0.477. The van der Waals surface area contributed by atoms with E-state index in [4.69, 9.17) is 4.74 Å². The molecule has 2 heterocycles. The molecule has 0 spiro atoms. The molecule has 0 aromatic heterocycles. The van der Waals surface area contributed by atoms with E-state index in [1.165, 1.54) is 4.90 Å². The van der Waals surface area contributed by atoms with Gasteiger partial charge in [-0.25, -0.2) is 4.79 Å². The minimum atomic E-state index is -0.974. The van der Waals surface area contributed by atoms with E-state index >= 15 is 0 Å². The van der Waals surface area contributed by atoms with Crippen LogP contribution in [-0.4, -0.2) is 66.8 Å². The molecule has 27 heavy (non-hydrogen) atoms. The topological polar surface area (TPSA) is 99.2 Å². The molecule has 1 atom stereocenters. The SMILES string of the molecule is COCC1(O)CCN(C(=O)c2ccc(N3CC(=O)NC3=O)cc2)CC1(C)C. The third-order valence-corrected chi connectivity index (χ3v) is 5.53. The summed E-state index contributed by atoms with van der Waals surface area (Å²) in [5, 5.41) is 13.1. The molecule has 1 aromatic rings. The van der Waals surface area contributed by atoms with Crippen LogP contribution in [0.4, 0.5) is 10.5 Å². The summed E-state index contributed by atoms with van der Waals surface area (Å²) >= 11 is 0. The lowest BCUT2D eigenvalue weighted by atomic mass is 9.70. The Kier molecular flexibility index (Phi) is 4.96. The first-order valence-corrected chi connectivity index (χ1v) is 8.89. The maximum Gasteiger partial charge on any atom is 0.329 e. The van der Waals surface area contributed by atoms with E-state index in [9.17, 15) is 19.5 Å². The number of rotatable bonds is 4. The van der Waals surface area contributed by atoms with Gasteiger partial charge in [-0.1, -0.05) is 13.8 Å². The van der Waals surface area contributed by atoms with Crippen LogP contribution in [0.3, 0.4) is 0 Å². The fourth-order valence-electron chi connectivity index (χ4n) is 3.66. The van der Waals surface area contributed by atoms with Crippen molar-refractivity contribution in [3.05, 3.63) is 29.8 Å². The highest BCUT2D eigenvalue weighted by Gasteiger charge is 2.48. The summed E-state index contributed by atoms with van der Waals surface area (Å²) in [6.45, 7) is 4.91. The molecule has 1 aromatic carbocycles. The van der Waals surface area contributed by atoms with Gasteiger partial charge in [-0.15, -0.1) is 0 Å². The highest BCUT2D eigenvalue weighted by Crippen LogP contribution is 2.39. The zero-order chi connectivity index (χ0) is 19.8. The van der Waals surface area contributed by atoms with Crippen molar-refractivity contribution >= 4 is 23.5 Å². The molecule has 0 saturated carbocycles. The number of hydrogen-bond acceptors (Lipinski definition) is 5. The number of urea groups is 1. The summed E-state index contributed by atoms with van der Waals surface area (Å²) in [4.78, 5) is 39.0. The van der Waals surface area contributed by atoms with E-state index in [0.29, 0.717) is 30.8 Å². The second-order valence-electron chi connectivity index (χ2n) is 7.81. The fourth-order valence-corrected chi connectivity index (χ4v) is 3.66. The normalized spacial score (nSPS) is 24.9. The van der Waals surface area contributed by atoms with Crippen LogP contribution >= 0.6 is 0 Å². The van der Waals surface area contributed by atoms with Crippen molar-refractivity contribution in [3.63, 3.8) is 0 Å². The average molecular weight is 375 g/mol. The van der Waals surface area contributed by atoms with E-state index in [1.807, 2.05) is 13.8 Å². The molecular formula is C19H25N3O5. The number of amides is 4. The van der Waals surface area contributed by atoms with Crippen LogP contribution in [-0.2, 0) is 9.53 Å². The minimum absolute atomic E-state index is 0.0233. The van der Waals surface area contributed by atoms with Crippen molar-refractivity contribution in [1.29, 1.82) is 0 Å². The van der Waals surface area contributed by atoms with Gasteiger partial charge in [-0.2, -0.15) is 0 Å². The summed E-state index contributed by atoms with van der Waals surface area (Å²) < 4.78 is 5.16. The fraction of sp³-hybridized carbons (Fsp3) is 0.526. The third-order valence-electron chi connectivity index (χ3n) is 5.53. The minimum Gasteiger partial charge on any atom is -0.387 e. The average Bonchev–Trinajstić information content (AvgIpc) is 2.95. The highest BCUT2D eigenvalue weighted by atomic mass is 16.5. The van der Waals surface area contributed by atoms with E-state index in [0.717, 1.165) is 0 Å². The van der Waals surface area contributed by atoms with Gasteiger partial charge in [0.2, 0.25) is 5.91 Å². The van der Waals surface area contributed by atoms with E-state index in [2.05, 4.69) is 5.32 Å². The van der Waals surface area contributed by atoms with Crippen LogP contribution < -0.4 is 10.2 Å². The van der Waals surface area contributed by atoms with Gasteiger partial charge in [0.25, 0.3) is 5.91 Å². The van der Waals surface area contributed by atoms with Crippen LogP contribution in [0.25, 0.3) is 0 Å². The summed E-state index contributed by atoms with van der Waals surface area (Å²) in [6, 6.07) is 6.14. The number of hydrogen-bond donors (Lipinski definition) is 2. The van der Waals surface area contributed by atoms with E-state index < -0.39 is 17.0 Å². The van der Waals surface area contributed by atoms with Gasteiger partial charge >= 0.3 is 6.03 Å². The number of aliphatic hydroxyl groups is 1. The number of ether oxygens (including phenoxy) is 1. The van der Waals surface area contributed by atoms with Gasteiger partial charge in [0.1, 0.15) is 6.54 Å². The Morgan fingerprint density at radius 1 is 1.26 bits per heavy atom. The molecule has 2 fully saturated rings. The summed E-state index contributed by atoms with van der Waals surface area (Å²) in [6.07, 6.45) is 0.438. The van der Waals surface area contributed by atoms with Gasteiger partial charge < -0.3 is 14.7 Å². The van der Waals surface area contributed by atoms with Crippen LogP contribution in [0.1, 0.15) is 30.6 Å². The summed E-state index contributed by atoms with van der Waals surface area (Å²) in [5.41, 5.74) is -0.427. The molecule has 2 aliphatic rings. The van der Waals surface area contributed by atoms with Crippen molar-refractivity contribution in [1.82, 2.24) is 10.2 Å². The lowest BCUT2D eigenvalue weighted by Crippen LogP contribution is -2.60. The second kappa shape index (κ2) is 6.94. The lowest BCUT2D eigenvalue weighted by molar-refractivity contribution is -0.144. The molecule has 0 bridgehead atoms. The Bertz CT molecular complexity index is 761. The molecule has 1 unspecified atom stereocenters. The smallest absolute Gasteiger partial charge is 0.329 e. The van der Waals surface area contributed by atoms with Gasteiger partial charge in [-0.05, 0) is 30.7 Å². The molecule has 2 aliphatic heterocycles. The van der Waals surface area contributed by atoms with Crippen LogP contribution in [0.15, 0.2) is 24.3 Å². The monoisotopic (exact) mass is 375 g/mol. The maximum atomic E-state index is 12.9. The molecule has 0 aliphatic carbocycles. The number of piperidine rings is 1. The molecule has 2 N–H and O–H groups in total. The van der Waals surface area contributed by atoms with Crippen molar-refractivity contribution in [2.24, 2.45) is 5.41 Å². The first-order chi connectivity index (χ1) is 12.7. The number of carbonyl (C=O) groups excluding carboxylic acids is 3. The number of methoxy groups -OCH3 is 1. The quantitative estimate of drug-likeness (QED) is 0.765. The molecule has 8 heteroatoms. The first kappa shape index (κ1) is 19.3. The molecule has 2 saturated heterocycles. The number of imide groups is 1. The number of nitrogens with one attached hydrogen (secondary N) is 1. The molecule has 0 radical (unpaired) electrons. The third kappa shape index (κ3) is 3.54. The first-order valence-electron chi connectivity index (χ1n) is 8.89. The summed E-state index contributed by atoms with van der Waals surface area (Å²) in [7, 11) is 1.56. The molecular weight excluding hydrogens is 350 g/mol. The van der Waals surface area contributed by atoms with Crippen molar-refractivity contribution < 1.29 is 24.2 Å². The van der Waals surface area contributed by atoms with Crippen molar-refractivity contribution in [2.75, 3.05) is 38.3 Å².